The Morgan fingerprint density at radius 1 is 0.794 bits per heavy atom. The molecular weight excluding hydrogens is 433 g/mol. The molecule has 1 nitrogen and oxygen atoms in total. The van der Waals surface area contributed by atoms with Crippen LogP contribution in [0.25, 0.3) is 11.1 Å². The van der Waals surface area contributed by atoms with Gasteiger partial charge in [-0.25, -0.2) is 13.2 Å². The van der Waals surface area contributed by atoms with Crippen LogP contribution in [0.3, 0.4) is 0 Å². The molecule has 0 radical (unpaired) electrons. The highest BCUT2D eigenvalue weighted by Crippen LogP contribution is 2.36. The number of aryl methyl sites for hydroxylation is 2. The molecule has 180 valence electrons. The zero-order chi connectivity index (χ0) is 24.1. The number of hydrogen-bond donors (Lipinski definition) is 0. The second kappa shape index (κ2) is 11.2. The molecule has 0 N–H and O–H groups in total. The highest BCUT2D eigenvalue weighted by Gasteiger charge is 2.25. The summed E-state index contributed by atoms with van der Waals surface area (Å²) in [5, 5.41) is 0. The summed E-state index contributed by atoms with van der Waals surface area (Å²) in [4.78, 5) is 0. The first-order valence-corrected chi connectivity index (χ1v) is 12.5. The quantitative estimate of drug-likeness (QED) is 0.323. The number of halogens is 3. The summed E-state index contributed by atoms with van der Waals surface area (Å²) < 4.78 is 50.1. The van der Waals surface area contributed by atoms with E-state index in [4.69, 9.17) is 4.74 Å². The molecule has 1 aliphatic carbocycles. The highest BCUT2D eigenvalue weighted by molar-refractivity contribution is 5.65. The zero-order valence-electron chi connectivity index (χ0n) is 20.0. The van der Waals surface area contributed by atoms with Crippen molar-refractivity contribution < 1.29 is 17.9 Å². The normalized spacial score (nSPS) is 18.3. The molecule has 0 amide bonds. The van der Waals surface area contributed by atoms with Gasteiger partial charge in [0.1, 0.15) is 5.82 Å². The number of hydrogen-bond acceptors (Lipinski definition) is 1. The van der Waals surface area contributed by atoms with Gasteiger partial charge in [-0.1, -0.05) is 68.8 Å². The van der Waals surface area contributed by atoms with Crippen LogP contribution in [0.1, 0.15) is 74.1 Å². The van der Waals surface area contributed by atoms with E-state index in [-0.39, 0.29) is 35.6 Å². The molecule has 34 heavy (non-hydrogen) atoms. The molecule has 0 aliphatic heterocycles. The van der Waals surface area contributed by atoms with E-state index in [1.165, 1.54) is 0 Å². The van der Waals surface area contributed by atoms with Crippen molar-refractivity contribution in [2.45, 2.75) is 77.4 Å². The minimum Gasteiger partial charge on any atom is -0.373 e. The van der Waals surface area contributed by atoms with Crippen LogP contribution in [0.15, 0.2) is 54.6 Å². The lowest BCUT2D eigenvalue weighted by atomic mass is 9.82. The Morgan fingerprint density at radius 2 is 1.50 bits per heavy atom. The van der Waals surface area contributed by atoms with Crippen LogP contribution in [-0.4, -0.2) is 6.10 Å². The third-order valence-corrected chi connectivity index (χ3v) is 7.03. The maximum Gasteiger partial charge on any atom is 0.167 e. The SMILES string of the molecule is CCCc1ccc(C2CCC(OCc3ccc(-c4ccc(CC)cc4)c(F)c3F)CC2)c(F)c1. The second-order valence-electron chi connectivity index (χ2n) is 9.34. The molecule has 0 heterocycles. The van der Waals surface area contributed by atoms with Gasteiger partial charge in [0, 0.05) is 11.1 Å². The van der Waals surface area contributed by atoms with Crippen molar-refractivity contribution in [2.75, 3.05) is 0 Å². The lowest BCUT2D eigenvalue weighted by Crippen LogP contribution is -2.21. The van der Waals surface area contributed by atoms with Crippen LogP contribution in [-0.2, 0) is 24.2 Å². The Labute approximate surface area is 201 Å². The molecule has 3 aromatic carbocycles. The molecule has 0 atom stereocenters. The van der Waals surface area contributed by atoms with Crippen molar-refractivity contribution >= 4 is 0 Å². The van der Waals surface area contributed by atoms with Gasteiger partial charge in [0.05, 0.1) is 12.7 Å². The summed E-state index contributed by atoms with van der Waals surface area (Å²) in [6, 6.07) is 16.4. The van der Waals surface area contributed by atoms with E-state index in [1.807, 2.05) is 36.4 Å². The third-order valence-electron chi connectivity index (χ3n) is 7.03. The summed E-state index contributed by atoms with van der Waals surface area (Å²) in [5.74, 6) is -1.61. The molecular formula is C30H33F3O. The van der Waals surface area contributed by atoms with Crippen LogP contribution in [0.2, 0.25) is 0 Å². The fourth-order valence-corrected chi connectivity index (χ4v) is 4.94. The molecule has 0 bridgehead atoms. The minimum atomic E-state index is -0.847. The maximum atomic E-state index is 14.8. The van der Waals surface area contributed by atoms with Gasteiger partial charge in [0.25, 0.3) is 0 Å². The predicted octanol–water partition coefficient (Wildman–Crippen LogP) is 8.53. The van der Waals surface area contributed by atoms with Gasteiger partial charge >= 0.3 is 0 Å². The molecule has 0 unspecified atom stereocenters. The monoisotopic (exact) mass is 466 g/mol. The molecule has 4 heteroatoms. The van der Waals surface area contributed by atoms with E-state index >= 15 is 0 Å². The molecule has 1 aliphatic rings. The van der Waals surface area contributed by atoms with Gasteiger partial charge in [-0.3, -0.25) is 0 Å². The Morgan fingerprint density at radius 3 is 2.15 bits per heavy atom. The van der Waals surface area contributed by atoms with E-state index in [0.29, 0.717) is 5.56 Å². The zero-order valence-corrected chi connectivity index (χ0v) is 20.0. The minimum absolute atomic E-state index is 0.0256. The molecule has 0 saturated heterocycles. The Hall–Kier alpha value is -2.59. The first kappa shape index (κ1) is 24.5. The maximum absolute atomic E-state index is 14.8. The molecule has 1 saturated carbocycles. The van der Waals surface area contributed by atoms with Crippen LogP contribution >= 0.6 is 0 Å². The van der Waals surface area contributed by atoms with Gasteiger partial charge in [-0.15, -0.1) is 0 Å². The smallest absolute Gasteiger partial charge is 0.167 e. The summed E-state index contributed by atoms with van der Waals surface area (Å²) >= 11 is 0. The number of ether oxygens (including phenoxy) is 1. The molecule has 3 aromatic rings. The first-order valence-electron chi connectivity index (χ1n) is 12.5. The number of rotatable bonds is 8. The van der Waals surface area contributed by atoms with E-state index in [9.17, 15) is 13.2 Å². The Bertz CT molecular complexity index is 1100. The van der Waals surface area contributed by atoms with E-state index in [1.54, 1.807) is 18.2 Å². The van der Waals surface area contributed by atoms with Crippen molar-refractivity contribution in [3.05, 3.63) is 94.3 Å². The fraction of sp³-hybridized carbons (Fsp3) is 0.400. The van der Waals surface area contributed by atoms with Gasteiger partial charge in [0.15, 0.2) is 11.6 Å². The topological polar surface area (TPSA) is 9.23 Å². The molecule has 1 fully saturated rings. The Kier molecular flexibility index (Phi) is 8.10. The second-order valence-corrected chi connectivity index (χ2v) is 9.34. The summed E-state index contributed by atoms with van der Waals surface area (Å²) in [6.45, 7) is 4.18. The van der Waals surface area contributed by atoms with Gasteiger partial charge in [-0.2, -0.15) is 0 Å². The predicted molar refractivity (Wildman–Crippen MR) is 131 cm³/mol. The molecule has 0 spiro atoms. The standard InChI is InChI=1S/C30H33F3O/c1-3-5-21-8-16-26(28(31)18-21)22-11-14-25(15-12-22)34-19-24-13-17-27(30(33)29(24)32)23-9-6-20(4-2)7-10-23/h6-10,13,16-18,22,25H,3-5,11-12,14-15,19H2,1-2H3. The average molecular weight is 467 g/mol. The van der Waals surface area contributed by atoms with Crippen LogP contribution in [0.4, 0.5) is 13.2 Å². The summed E-state index contributed by atoms with van der Waals surface area (Å²) in [5.41, 5.74) is 4.13. The largest absolute Gasteiger partial charge is 0.373 e. The molecule has 4 rings (SSSR count). The summed E-state index contributed by atoms with van der Waals surface area (Å²) in [7, 11) is 0. The lowest BCUT2D eigenvalue weighted by Gasteiger charge is -2.29. The van der Waals surface area contributed by atoms with E-state index < -0.39 is 11.6 Å². The number of benzene rings is 3. The van der Waals surface area contributed by atoms with Crippen molar-refractivity contribution in [3.63, 3.8) is 0 Å². The van der Waals surface area contributed by atoms with Gasteiger partial charge in [-0.05, 0) is 72.8 Å². The van der Waals surface area contributed by atoms with Gasteiger partial charge in [0.2, 0.25) is 0 Å². The molecule has 0 aromatic heterocycles. The van der Waals surface area contributed by atoms with Crippen molar-refractivity contribution in [3.8, 4) is 11.1 Å². The Balaban J connectivity index is 1.34. The van der Waals surface area contributed by atoms with Crippen LogP contribution < -0.4 is 0 Å². The van der Waals surface area contributed by atoms with Crippen molar-refractivity contribution in [1.29, 1.82) is 0 Å². The van der Waals surface area contributed by atoms with Crippen LogP contribution in [0, 0.1) is 17.5 Å². The van der Waals surface area contributed by atoms with Crippen LogP contribution in [0.5, 0.6) is 0 Å². The van der Waals surface area contributed by atoms with E-state index in [0.717, 1.165) is 61.6 Å². The van der Waals surface area contributed by atoms with E-state index in [2.05, 4.69) is 13.8 Å². The van der Waals surface area contributed by atoms with Gasteiger partial charge < -0.3 is 4.74 Å². The van der Waals surface area contributed by atoms with Crippen molar-refractivity contribution in [1.82, 2.24) is 0 Å². The average Bonchev–Trinajstić information content (AvgIpc) is 2.86. The first-order chi connectivity index (χ1) is 16.5. The van der Waals surface area contributed by atoms with Crippen molar-refractivity contribution in [2.24, 2.45) is 0 Å². The third kappa shape index (κ3) is 5.55. The fourth-order valence-electron chi connectivity index (χ4n) is 4.94. The lowest BCUT2D eigenvalue weighted by molar-refractivity contribution is 0.0117. The highest BCUT2D eigenvalue weighted by atomic mass is 19.2. The summed E-state index contributed by atoms with van der Waals surface area (Å²) in [6.07, 6.45) is 6.00.